The van der Waals surface area contributed by atoms with Crippen LogP contribution in [0.5, 0.6) is 0 Å². The predicted molar refractivity (Wildman–Crippen MR) is 73.4 cm³/mol. The van der Waals surface area contributed by atoms with Gasteiger partial charge in [-0.2, -0.15) is 0 Å². The molecule has 104 valence electrons. The maximum absolute atomic E-state index is 11.7. The number of rotatable bonds is 7. The van der Waals surface area contributed by atoms with Crippen molar-refractivity contribution in [3.05, 3.63) is 44.2 Å². The summed E-state index contributed by atoms with van der Waals surface area (Å²) in [4.78, 5) is 23.5. The van der Waals surface area contributed by atoms with Gasteiger partial charge < -0.3 is 10.2 Å². The molecule has 0 bridgehead atoms. The van der Waals surface area contributed by atoms with Gasteiger partial charge in [-0.25, -0.2) is 0 Å². The monoisotopic (exact) mass is 264 g/mol. The molecule has 0 unspecified atom stereocenters. The summed E-state index contributed by atoms with van der Waals surface area (Å²) in [7, 11) is 0. The van der Waals surface area contributed by atoms with Gasteiger partial charge in [0.2, 0.25) is 0 Å². The number of H-pyrrole nitrogens is 4. The minimum atomic E-state index is -0.152. The first-order chi connectivity index (χ1) is 9.24. The van der Waals surface area contributed by atoms with Gasteiger partial charge in [0.1, 0.15) is 0 Å². The topological polar surface area (TPSA) is 97.3 Å². The molecule has 0 aliphatic carbocycles. The van der Waals surface area contributed by atoms with Crippen LogP contribution in [0.15, 0.2) is 22.0 Å². The first-order valence-electron chi connectivity index (χ1n) is 6.76. The Bertz CT molecular complexity index is 556. The summed E-state index contributed by atoms with van der Waals surface area (Å²) >= 11 is 0. The van der Waals surface area contributed by atoms with Crippen molar-refractivity contribution >= 4 is 0 Å². The lowest BCUT2D eigenvalue weighted by molar-refractivity contribution is 0.594. The highest BCUT2D eigenvalue weighted by molar-refractivity contribution is 5.25. The Morgan fingerprint density at radius 1 is 0.947 bits per heavy atom. The molecule has 0 aromatic carbocycles. The molecule has 2 rings (SSSR count). The predicted octanol–water partition coefficient (Wildman–Crippen LogP) is 1.82. The Morgan fingerprint density at radius 3 is 1.95 bits per heavy atom. The number of aromatic nitrogens is 4. The van der Waals surface area contributed by atoms with Gasteiger partial charge in [-0.05, 0) is 6.42 Å². The molecule has 19 heavy (non-hydrogen) atoms. The SMILES string of the molecule is CCCCCCC(c1c[nH][nH]c1=O)c1c[nH][nH]c1=O. The lowest BCUT2D eigenvalue weighted by Gasteiger charge is -2.11. The minimum absolute atomic E-state index is 0.151. The molecule has 2 heterocycles. The van der Waals surface area contributed by atoms with Crippen LogP contribution in [0.2, 0.25) is 0 Å². The molecule has 0 aliphatic rings. The van der Waals surface area contributed by atoms with Crippen LogP contribution in [0.25, 0.3) is 0 Å². The Hall–Kier alpha value is -1.98. The van der Waals surface area contributed by atoms with Crippen molar-refractivity contribution in [2.24, 2.45) is 0 Å². The highest BCUT2D eigenvalue weighted by Gasteiger charge is 2.21. The van der Waals surface area contributed by atoms with E-state index in [1.807, 2.05) is 0 Å². The van der Waals surface area contributed by atoms with Crippen molar-refractivity contribution in [1.29, 1.82) is 0 Å². The molecule has 2 aromatic rings. The van der Waals surface area contributed by atoms with Crippen LogP contribution in [-0.4, -0.2) is 20.4 Å². The van der Waals surface area contributed by atoms with E-state index in [1.165, 1.54) is 12.8 Å². The maximum atomic E-state index is 11.7. The number of unbranched alkanes of at least 4 members (excludes halogenated alkanes) is 3. The molecule has 0 fully saturated rings. The summed E-state index contributed by atoms with van der Waals surface area (Å²) < 4.78 is 0. The quantitative estimate of drug-likeness (QED) is 0.574. The van der Waals surface area contributed by atoms with E-state index in [1.54, 1.807) is 12.4 Å². The van der Waals surface area contributed by atoms with Crippen LogP contribution in [0.1, 0.15) is 56.1 Å². The molecule has 0 saturated carbocycles. The van der Waals surface area contributed by atoms with Gasteiger partial charge >= 0.3 is 0 Å². The summed E-state index contributed by atoms with van der Waals surface area (Å²) in [6, 6.07) is 0. The van der Waals surface area contributed by atoms with Crippen LogP contribution in [0, 0.1) is 0 Å². The number of aromatic amines is 4. The van der Waals surface area contributed by atoms with E-state index in [9.17, 15) is 9.59 Å². The van der Waals surface area contributed by atoms with Crippen molar-refractivity contribution < 1.29 is 0 Å². The average Bonchev–Trinajstić information content (AvgIpc) is 2.99. The highest BCUT2D eigenvalue weighted by Crippen LogP contribution is 2.25. The zero-order valence-corrected chi connectivity index (χ0v) is 11.1. The number of nitrogens with one attached hydrogen (secondary N) is 4. The maximum Gasteiger partial charge on any atom is 0.267 e. The summed E-state index contributed by atoms with van der Waals surface area (Å²) in [5, 5.41) is 10.5. The highest BCUT2D eigenvalue weighted by atomic mass is 16.1. The van der Waals surface area contributed by atoms with E-state index in [0.29, 0.717) is 11.1 Å². The van der Waals surface area contributed by atoms with E-state index >= 15 is 0 Å². The van der Waals surface area contributed by atoms with Crippen LogP contribution >= 0.6 is 0 Å². The van der Waals surface area contributed by atoms with Crippen molar-refractivity contribution in [2.45, 2.75) is 44.9 Å². The Balaban J connectivity index is 2.20. The third-order valence-electron chi connectivity index (χ3n) is 3.45. The average molecular weight is 264 g/mol. The molecular weight excluding hydrogens is 244 g/mol. The summed E-state index contributed by atoms with van der Waals surface area (Å²) in [6.45, 7) is 2.16. The molecule has 0 atom stereocenters. The zero-order valence-electron chi connectivity index (χ0n) is 11.1. The largest absolute Gasteiger partial charge is 0.305 e. The molecule has 0 aliphatic heterocycles. The molecule has 6 heteroatoms. The van der Waals surface area contributed by atoms with Crippen LogP contribution in [0.4, 0.5) is 0 Å². The first-order valence-corrected chi connectivity index (χ1v) is 6.76. The molecular formula is C13H20N4O2. The minimum Gasteiger partial charge on any atom is -0.305 e. The Labute approximate surface area is 110 Å². The fourth-order valence-corrected chi connectivity index (χ4v) is 2.41. The van der Waals surface area contributed by atoms with Crippen molar-refractivity contribution in [1.82, 2.24) is 20.4 Å². The summed E-state index contributed by atoms with van der Waals surface area (Å²) in [6.07, 6.45) is 8.59. The van der Waals surface area contributed by atoms with E-state index in [2.05, 4.69) is 27.3 Å². The third kappa shape index (κ3) is 3.07. The van der Waals surface area contributed by atoms with E-state index in [-0.39, 0.29) is 17.0 Å². The first kappa shape index (κ1) is 13.5. The standard InChI is InChI=1S/C13H20N4O2/c1-2-3-4-5-6-9(10-7-14-16-12(10)18)11-8-15-17-13(11)19/h7-9H,2-6H2,1H3,(H2,14,16,18)(H2,15,17,19). The summed E-state index contributed by atoms with van der Waals surface area (Å²) in [5.41, 5.74) is 0.949. The zero-order chi connectivity index (χ0) is 13.7. The Kier molecular flexibility index (Phi) is 4.43. The van der Waals surface area contributed by atoms with Crippen LogP contribution < -0.4 is 11.1 Å². The molecule has 0 amide bonds. The molecule has 0 radical (unpaired) electrons. The van der Waals surface area contributed by atoms with Gasteiger partial charge in [0.25, 0.3) is 11.1 Å². The molecule has 6 nitrogen and oxygen atoms in total. The molecule has 0 saturated heterocycles. The third-order valence-corrected chi connectivity index (χ3v) is 3.45. The van der Waals surface area contributed by atoms with E-state index in [0.717, 1.165) is 19.3 Å². The van der Waals surface area contributed by atoms with Crippen LogP contribution in [0.3, 0.4) is 0 Å². The fourth-order valence-electron chi connectivity index (χ4n) is 2.41. The normalized spacial score (nSPS) is 11.3. The van der Waals surface area contributed by atoms with Crippen molar-refractivity contribution in [2.75, 3.05) is 0 Å². The van der Waals surface area contributed by atoms with Gasteiger partial charge in [0, 0.05) is 29.4 Å². The summed E-state index contributed by atoms with van der Waals surface area (Å²) in [5.74, 6) is -0.151. The molecule has 4 N–H and O–H groups in total. The Morgan fingerprint density at radius 2 is 1.53 bits per heavy atom. The fraction of sp³-hybridized carbons (Fsp3) is 0.538. The van der Waals surface area contributed by atoms with Gasteiger partial charge in [-0.3, -0.25) is 19.8 Å². The van der Waals surface area contributed by atoms with Gasteiger partial charge in [-0.15, -0.1) is 0 Å². The molecule has 2 aromatic heterocycles. The smallest absolute Gasteiger partial charge is 0.267 e. The second kappa shape index (κ2) is 6.26. The van der Waals surface area contributed by atoms with Crippen molar-refractivity contribution in [3.63, 3.8) is 0 Å². The van der Waals surface area contributed by atoms with Gasteiger partial charge in [-0.1, -0.05) is 32.6 Å². The number of hydrogen-bond acceptors (Lipinski definition) is 2. The lowest BCUT2D eigenvalue weighted by atomic mass is 9.90. The molecule has 0 spiro atoms. The van der Waals surface area contributed by atoms with E-state index < -0.39 is 0 Å². The number of hydrogen-bond donors (Lipinski definition) is 4. The lowest BCUT2D eigenvalue weighted by Crippen LogP contribution is -2.17. The van der Waals surface area contributed by atoms with Gasteiger partial charge in [0.15, 0.2) is 0 Å². The van der Waals surface area contributed by atoms with E-state index in [4.69, 9.17) is 0 Å². The second-order valence-corrected chi connectivity index (χ2v) is 4.80. The van der Waals surface area contributed by atoms with Crippen molar-refractivity contribution in [3.8, 4) is 0 Å². The second-order valence-electron chi connectivity index (χ2n) is 4.80. The van der Waals surface area contributed by atoms with Gasteiger partial charge in [0.05, 0.1) is 0 Å². The van der Waals surface area contributed by atoms with Crippen LogP contribution in [-0.2, 0) is 0 Å².